The molecule has 1 aromatic heterocycles. The van der Waals surface area contributed by atoms with Crippen molar-refractivity contribution in [3.63, 3.8) is 0 Å². The lowest BCUT2D eigenvalue weighted by Gasteiger charge is -2.60. The molecular weight excluding hydrogens is 492 g/mol. The van der Waals surface area contributed by atoms with Crippen LogP contribution in [0.1, 0.15) is 43.4 Å². The molecule has 200 valence electrons. The first-order valence-corrected chi connectivity index (χ1v) is 14.6. The molecule has 40 heavy (non-hydrogen) atoms. The molecule has 8 rings (SSSR count). The zero-order valence-corrected chi connectivity index (χ0v) is 22.9. The van der Waals surface area contributed by atoms with Crippen molar-refractivity contribution in [2.75, 3.05) is 6.54 Å². The Morgan fingerprint density at radius 2 is 1.77 bits per heavy atom. The Morgan fingerprint density at radius 1 is 1.02 bits per heavy atom. The van der Waals surface area contributed by atoms with E-state index in [2.05, 4.69) is 90.1 Å². The van der Waals surface area contributed by atoms with E-state index in [4.69, 9.17) is 4.74 Å². The molecule has 4 heteroatoms. The maximum atomic E-state index is 10.5. The molecular formula is C36H34N2O2. The Labute approximate surface area is 234 Å². The van der Waals surface area contributed by atoms with Gasteiger partial charge in [-0.1, -0.05) is 68.0 Å². The second kappa shape index (κ2) is 8.63. The highest BCUT2D eigenvalue weighted by atomic mass is 16.5. The minimum absolute atomic E-state index is 0.243. The lowest BCUT2D eigenvalue weighted by molar-refractivity contribution is -0.148. The van der Waals surface area contributed by atoms with Gasteiger partial charge in [0.05, 0.1) is 17.7 Å². The third kappa shape index (κ3) is 3.12. The van der Waals surface area contributed by atoms with Crippen LogP contribution in [0.5, 0.6) is 5.75 Å². The van der Waals surface area contributed by atoms with Gasteiger partial charge in [0.25, 0.3) is 0 Å². The van der Waals surface area contributed by atoms with Gasteiger partial charge in [0.1, 0.15) is 11.9 Å². The molecule has 3 aliphatic rings. The van der Waals surface area contributed by atoms with Crippen molar-refractivity contribution in [1.82, 2.24) is 9.88 Å². The summed E-state index contributed by atoms with van der Waals surface area (Å²) in [6.45, 7) is 8.32. The van der Waals surface area contributed by atoms with Crippen molar-refractivity contribution >= 4 is 32.4 Å². The molecule has 2 aliphatic heterocycles. The number of aromatic hydroxyl groups is 1. The van der Waals surface area contributed by atoms with Gasteiger partial charge in [0.2, 0.25) is 0 Å². The van der Waals surface area contributed by atoms with Crippen LogP contribution in [0, 0.1) is 11.8 Å². The van der Waals surface area contributed by atoms with Crippen molar-refractivity contribution in [2.24, 2.45) is 11.8 Å². The van der Waals surface area contributed by atoms with E-state index in [1.807, 2.05) is 18.3 Å². The summed E-state index contributed by atoms with van der Waals surface area (Å²) in [6, 6.07) is 27.0. The van der Waals surface area contributed by atoms with Crippen molar-refractivity contribution in [3.8, 4) is 5.75 Å². The summed E-state index contributed by atoms with van der Waals surface area (Å²) >= 11 is 0. The molecule has 3 fully saturated rings. The van der Waals surface area contributed by atoms with Gasteiger partial charge in [-0.15, -0.1) is 6.58 Å². The minimum Gasteiger partial charge on any atom is -0.508 e. The number of fused-ring (bicyclic) bond motifs is 3. The summed E-state index contributed by atoms with van der Waals surface area (Å²) in [5, 5.41) is 16.3. The van der Waals surface area contributed by atoms with E-state index in [1.54, 1.807) is 6.07 Å². The van der Waals surface area contributed by atoms with Gasteiger partial charge < -0.3 is 9.84 Å². The normalized spacial score (nSPS) is 27.8. The quantitative estimate of drug-likeness (QED) is 0.173. The Balaban J connectivity index is 1.28. The Kier molecular flexibility index (Phi) is 5.20. The lowest BCUT2D eigenvalue weighted by Crippen LogP contribution is -2.69. The van der Waals surface area contributed by atoms with Gasteiger partial charge in [0, 0.05) is 23.7 Å². The molecule has 4 nitrogen and oxygen atoms in total. The van der Waals surface area contributed by atoms with Crippen molar-refractivity contribution < 1.29 is 9.84 Å². The van der Waals surface area contributed by atoms with E-state index in [9.17, 15) is 5.11 Å². The maximum Gasteiger partial charge on any atom is 0.116 e. The van der Waals surface area contributed by atoms with Crippen LogP contribution < -0.4 is 0 Å². The number of ether oxygens (including phenoxy) is 1. The SMILES string of the molecule is C=CC1([C@@H](OCc2c3ccccc3cc3ccccc23)c2ccnc3ccc(O)cc23)CC23C(CC)C2CCN31. The number of piperidine rings is 1. The summed E-state index contributed by atoms with van der Waals surface area (Å²) < 4.78 is 7.19. The van der Waals surface area contributed by atoms with Crippen LogP contribution in [0.2, 0.25) is 0 Å². The molecule has 2 saturated heterocycles. The van der Waals surface area contributed by atoms with Gasteiger partial charge in [-0.3, -0.25) is 9.88 Å². The second-order valence-corrected chi connectivity index (χ2v) is 12.0. The number of phenolic OH excluding ortho intramolecular Hbond substituents is 1. The standard InChI is InChI=1S/C36H34N2O2/c1-3-31-32-16-18-38-35(4-2,22-36(31,32)38)34(28-15-17-37-33-14-13-25(39)20-29(28)33)40-21-30-26-11-7-5-9-23(26)19-24-10-6-8-12-27(24)30/h4-15,17,19-20,31-32,34,39H,2-3,16,18,21-22H2,1H3/t31?,32?,34-,35?,36?/m0/s1. The number of hydrogen-bond donors (Lipinski definition) is 1. The molecule has 5 aromatic rings. The van der Waals surface area contributed by atoms with Crippen LogP contribution in [0.15, 0.2) is 97.7 Å². The van der Waals surface area contributed by atoms with Crippen molar-refractivity contribution in [3.05, 3.63) is 109 Å². The van der Waals surface area contributed by atoms with Gasteiger partial charge in [-0.2, -0.15) is 0 Å². The first kappa shape index (κ1) is 24.1. The zero-order chi connectivity index (χ0) is 27.1. The minimum atomic E-state index is -0.307. The van der Waals surface area contributed by atoms with E-state index in [1.165, 1.54) is 39.9 Å². The number of rotatable bonds is 7. The first-order chi connectivity index (χ1) is 19.6. The predicted molar refractivity (Wildman–Crippen MR) is 161 cm³/mol. The maximum absolute atomic E-state index is 10.5. The largest absolute Gasteiger partial charge is 0.508 e. The highest BCUT2D eigenvalue weighted by molar-refractivity contribution is 6.02. The van der Waals surface area contributed by atoms with Crippen LogP contribution >= 0.6 is 0 Å². The summed E-state index contributed by atoms with van der Waals surface area (Å²) in [5.74, 6) is 1.81. The second-order valence-electron chi connectivity index (χ2n) is 12.0. The Hall–Kier alpha value is -3.73. The topological polar surface area (TPSA) is 45.6 Å². The van der Waals surface area contributed by atoms with E-state index in [0.717, 1.165) is 41.3 Å². The third-order valence-corrected chi connectivity index (χ3v) is 10.5. The van der Waals surface area contributed by atoms with E-state index >= 15 is 0 Å². The fraction of sp³-hybridized carbons (Fsp3) is 0.306. The average Bonchev–Trinajstić information content (AvgIpc) is 3.52. The molecule has 0 bridgehead atoms. The van der Waals surface area contributed by atoms with Gasteiger partial charge >= 0.3 is 0 Å². The molecule has 1 saturated carbocycles. The molecule has 4 aromatic carbocycles. The fourth-order valence-corrected chi connectivity index (χ4v) is 8.81. The van der Waals surface area contributed by atoms with Crippen LogP contribution in [-0.4, -0.2) is 32.6 Å². The van der Waals surface area contributed by atoms with Crippen LogP contribution in [-0.2, 0) is 11.3 Å². The number of nitrogens with zero attached hydrogens (tertiary/aromatic N) is 2. The molecule has 1 aliphatic carbocycles. The number of benzene rings is 4. The van der Waals surface area contributed by atoms with Crippen molar-refractivity contribution in [2.45, 2.75) is 50.0 Å². The van der Waals surface area contributed by atoms with Crippen LogP contribution in [0.3, 0.4) is 0 Å². The van der Waals surface area contributed by atoms with Gasteiger partial charge in [0.15, 0.2) is 0 Å². The highest BCUT2D eigenvalue weighted by Gasteiger charge is 2.81. The summed E-state index contributed by atoms with van der Waals surface area (Å²) in [5.41, 5.74) is 3.15. The van der Waals surface area contributed by atoms with Gasteiger partial charge in [-0.25, -0.2) is 0 Å². The Bertz CT molecular complexity index is 1750. The molecule has 0 amide bonds. The highest BCUT2D eigenvalue weighted by Crippen LogP contribution is 2.75. The Morgan fingerprint density at radius 3 is 2.48 bits per heavy atom. The molecule has 1 N–H and O–H groups in total. The van der Waals surface area contributed by atoms with E-state index in [0.29, 0.717) is 12.1 Å². The average molecular weight is 527 g/mol. The monoisotopic (exact) mass is 526 g/mol. The molecule has 3 heterocycles. The van der Waals surface area contributed by atoms with Gasteiger partial charge in [-0.05, 0) is 87.7 Å². The molecule has 1 spiro atoms. The fourth-order valence-electron chi connectivity index (χ4n) is 8.81. The summed E-state index contributed by atoms with van der Waals surface area (Å²) in [4.78, 5) is 7.35. The van der Waals surface area contributed by atoms with Crippen molar-refractivity contribution in [1.29, 1.82) is 0 Å². The van der Waals surface area contributed by atoms with E-state index in [-0.39, 0.29) is 17.4 Å². The zero-order valence-electron chi connectivity index (χ0n) is 22.9. The molecule has 4 unspecified atom stereocenters. The number of aromatic nitrogens is 1. The first-order valence-electron chi connectivity index (χ1n) is 14.6. The van der Waals surface area contributed by atoms with Crippen LogP contribution in [0.25, 0.3) is 32.4 Å². The van der Waals surface area contributed by atoms with Crippen LogP contribution in [0.4, 0.5) is 0 Å². The lowest BCUT2D eigenvalue weighted by atomic mass is 9.69. The number of phenols is 1. The molecule has 0 radical (unpaired) electrons. The number of pyridine rings is 1. The smallest absolute Gasteiger partial charge is 0.116 e. The predicted octanol–water partition coefficient (Wildman–Crippen LogP) is 7.93. The molecule has 5 atom stereocenters. The summed E-state index contributed by atoms with van der Waals surface area (Å²) in [6.07, 6.45) is 7.34. The third-order valence-electron chi connectivity index (χ3n) is 10.5. The summed E-state index contributed by atoms with van der Waals surface area (Å²) in [7, 11) is 0. The number of hydrogen-bond acceptors (Lipinski definition) is 4. The van der Waals surface area contributed by atoms with E-state index < -0.39 is 0 Å².